The molecule has 1 aromatic carbocycles. The molecule has 4 nitrogen and oxygen atoms in total. The first-order valence-electron chi connectivity index (χ1n) is 9.09. The summed E-state index contributed by atoms with van der Waals surface area (Å²) in [4.78, 5) is 16.0. The van der Waals surface area contributed by atoms with Gasteiger partial charge in [0.05, 0.1) is 5.41 Å². The SMILES string of the molecule is O=C(N1C2CCNCC1CC2)C1(c2ccccc2Cl)CCOCC1. The van der Waals surface area contributed by atoms with E-state index in [1.54, 1.807) is 0 Å². The number of ether oxygens (including phenoxy) is 1. The zero-order valence-electron chi connectivity index (χ0n) is 14.0. The van der Waals surface area contributed by atoms with Crippen molar-refractivity contribution in [2.45, 2.75) is 49.6 Å². The Morgan fingerprint density at radius 1 is 1.17 bits per heavy atom. The molecule has 3 fully saturated rings. The molecular formula is C19H25ClN2O2. The third-order valence-electron chi connectivity index (χ3n) is 6.03. The van der Waals surface area contributed by atoms with Crippen LogP contribution in [0.3, 0.4) is 0 Å². The summed E-state index contributed by atoms with van der Waals surface area (Å²) in [5.41, 5.74) is 0.457. The van der Waals surface area contributed by atoms with Gasteiger partial charge in [-0.2, -0.15) is 0 Å². The Morgan fingerprint density at radius 3 is 2.71 bits per heavy atom. The molecule has 0 aliphatic carbocycles. The molecule has 1 aromatic rings. The quantitative estimate of drug-likeness (QED) is 0.893. The van der Waals surface area contributed by atoms with Gasteiger partial charge >= 0.3 is 0 Å². The number of hydrogen-bond acceptors (Lipinski definition) is 3. The minimum Gasteiger partial charge on any atom is -0.381 e. The largest absolute Gasteiger partial charge is 0.381 e. The van der Waals surface area contributed by atoms with Crippen molar-refractivity contribution in [3.8, 4) is 0 Å². The van der Waals surface area contributed by atoms with Gasteiger partial charge in [-0.15, -0.1) is 0 Å². The average molecular weight is 349 g/mol. The molecule has 2 unspecified atom stereocenters. The molecule has 1 amide bonds. The minimum absolute atomic E-state index is 0.273. The van der Waals surface area contributed by atoms with Crippen molar-refractivity contribution in [3.05, 3.63) is 34.9 Å². The topological polar surface area (TPSA) is 41.6 Å². The second kappa shape index (κ2) is 6.66. The van der Waals surface area contributed by atoms with Gasteiger partial charge in [0.25, 0.3) is 0 Å². The fourth-order valence-corrected chi connectivity index (χ4v) is 5.05. The van der Waals surface area contributed by atoms with E-state index in [1.807, 2.05) is 24.3 Å². The predicted molar refractivity (Wildman–Crippen MR) is 94.3 cm³/mol. The Hall–Kier alpha value is -1.10. The third-order valence-corrected chi connectivity index (χ3v) is 6.36. The van der Waals surface area contributed by atoms with Gasteiger partial charge in [-0.25, -0.2) is 0 Å². The van der Waals surface area contributed by atoms with Crippen LogP contribution in [0.25, 0.3) is 0 Å². The number of halogens is 1. The first kappa shape index (κ1) is 16.4. The maximum atomic E-state index is 13.8. The Bertz CT molecular complexity index is 601. The molecule has 3 aliphatic rings. The monoisotopic (exact) mass is 348 g/mol. The van der Waals surface area contributed by atoms with E-state index in [1.165, 1.54) is 0 Å². The molecule has 3 saturated heterocycles. The lowest BCUT2D eigenvalue weighted by atomic mass is 9.72. The summed E-state index contributed by atoms with van der Waals surface area (Å²) in [6.45, 7) is 3.17. The molecule has 0 saturated carbocycles. The number of carbonyl (C=O) groups is 1. The normalized spacial score (nSPS) is 29.3. The fourth-order valence-electron chi connectivity index (χ4n) is 4.73. The van der Waals surface area contributed by atoms with Crippen LogP contribution in [0.2, 0.25) is 5.02 Å². The van der Waals surface area contributed by atoms with E-state index in [0.29, 0.717) is 30.3 Å². The summed E-state index contributed by atoms with van der Waals surface area (Å²) in [7, 11) is 0. The van der Waals surface area contributed by atoms with Gasteiger partial charge in [-0.05, 0) is 50.3 Å². The number of benzene rings is 1. The van der Waals surface area contributed by atoms with Gasteiger partial charge in [0, 0.05) is 36.9 Å². The van der Waals surface area contributed by atoms with E-state index < -0.39 is 5.41 Å². The summed E-state index contributed by atoms with van der Waals surface area (Å²) in [6.07, 6.45) is 4.74. The fraction of sp³-hybridized carbons (Fsp3) is 0.632. The second-order valence-corrected chi connectivity index (χ2v) is 7.67. The predicted octanol–water partition coefficient (Wildman–Crippen LogP) is 2.74. The van der Waals surface area contributed by atoms with Crippen molar-refractivity contribution in [2.75, 3.05) is 26.3 Å². The molecule has 0 aromatic heterocycles. The standard InChI is InChI=1S/C19H25ClN2O2/c20-17-4-2-1-3-16(17)19(8-11-24-12-9-19)18(23)22-14-5-6-15(22)13-21-10-7-14/h1-4,14-15,21H,5-13H2. The Balaban J connectivity index is 1.74. The van der Waals surface area contributed by atoms with Gasteiger partial charge in [0.2, 0.25) is 5.91 Å². The zero-order valence-corrected chi connectivity index (χ0v) is 14.7. The Labute approximate surface area is 148 Å². The Kier molecular flexibility index (Phi) is 4.54. The van der Waals surface area contributed by atoms with Gasteiger partial charge in [0.15, 0.2) is 0 Å². The zero-order chi connectivity index (χ0) is 16.6. The highest BCUT2D eigenvalue weighted by atomic mass is 35.5. The summed E-state index contributed by atoms with van der Waals surface area (Å²) < 4.78 is 5.59. The number of amides is 1. The van der Waals surface area contributed by atoms with Gasteiger partial charge < -0.3 is 15.0 Å². The smallest absolute Gasteiger partial charge is 0.234 e. The number of nitrogens with one attached hydrogen (secondary N) is 1. The summed E-state index contributed by atoms with van der Waals surface area (Å²) in [5, 5.41) is 4.19. The van der Waals surface area contributed by atoms with E-state index in [2.05, 4.69) is 10.2 Å². The number of hydrogen-bond donors (Lipinski definition) is 1. The van der Waals surface area contributed by atoms with E-state index in [0.717, 1.165) is 50.8 Å². The highest BCUT2D eigenvalue weighted by Gasteiger charge is 2.50. The van der Waals surface area contributed by atoms with Crippen LogP contribution >= 0.6 is 11.6 Å². The van der Waals surface area contributed by atoms with Crippen LogP contribution in [0.1, 0.15) is 37.7 Å². The molecule has 0 spiro atoms. The highest BCUT2D eigenvalue weighted by Crippen LogP contribution is 2.43. The van der Waals surface area contributed by atoms with Crippen molar-refractivity contribution in [3.63, 3.8) is 0 Å². The molecule has 3 heterocycles. The van der Waals surface area contributed by atoms with Crippen LogP contribution < -0.4 is 5.32 Å². The molecule has 1 N–H and O–H groups in total. The van der Waals surface area contributed by atoms with Crippen molar-refractivity contribution in [2.24, 2.45) is 0 Å². The third kappa shape index (κ3) is 2.65. The van der Waals surface area contributed by atoms with Crippen LogP contribution in [-0.4, -0.2) is 49.2 Å². The number of rotatable bonds is 2. The lowest BCUT2D eigenvalue weighted by Crippen LogP contribution is -2.54. The Morgan fingerprint density at radius 2 is 1.92 bits per heavy atom. The molecule has 2 bridgehead atoms. The van der Waals surface area contributed by atoms with E-state index in [9.17, 15) is 4.79 Å². The number of carbonyl (C=O) groups excluding carboxylic acids is 1. The van der Waals surface area contributed by atoms with Crippen molar-refractivity contribution in [1.29, 1.82) is 0 Å². The summed E-state index contributed by atoms with van der Waals surface area (Å²) >= 11 is 6.53. The van der Waals surface area contributed by atoms with Gasteiger partial charge in [-0.1, -0.05) is 29.8 Å². The van der Waals surface area contributed by atoms with Crippen LogP contribution in [-0.2, 0) is 14.9 Å². The molecule has 5 heteroatoms. The van der Waals surface area contributed by atoms with Crippen molar-refractivity contribution >= 4 is 17.5 Å². The first-order valence-corrected chi connectivity index (χ1v) is 9.46. The molecule has 130 valence electrons. The average Bonchev–Trinajstić information content (AvgIpc) is 2.88. The molecule has 4 rings (SSSR count). The van der Waals surface area contributed by atoms with Crippen molar-refractivity contribution < 1.29 is 9.53 Å². The highest BCUT2D eigenvalue weighted by molar-refractivity contribution is 6.31. The molecule has 0 radical (unpaired) electrons. The van der Waals surface area contributed by atoms with Crippen LogP contribution in [0.15, 0.2) is 24.3 Å². The minimum atomic E-state index is -0.526. The lowest BCUT2D eigenvalue weighted by Gasteiger charge is -2.42. The molecule has 24 heavy (non-hydrogen) atoms. The van der Waals surface area contributed by atoms with Gasteiger partial charge in [-0.3, -0.25) is 4.79 Å². The summed E-state index contributed by atoms with van der Waals surface area (Å²) in [6, 6.07) is 8.56. The van der Waals surface area contributed by atoms with E-state index in [-0.39, 0.29) is 5.91 Å². The molecular weight excluding hydrogens is 324 g/mol. The summed E-state index contributed by atoms with van der Waals surface area (Å²) in [5.74, 6) is 0.273. The lowest BCUT2D eigenvalue weighted by molar-refractivity contribution is -0.144. The molecule has 2 atom stereocenters. The second-order valence-electron chi connectivity index (χ2n) is 7.26. The van der Waals surface area contributed by atoms with E-state index in [4.69, 9.17) is 16.3 Å². The van der Waals surface area contributed by atoms with Crippen molar-refractivity contribution in [1.82, 2.24) is 10.2 Å². The van der Waals surface area contributed by atoms with Gasteiger partial charge in [0.1, 0.15) is 0 Å². The van der Waals surface area contributed by atoms with Crippen LogP contribution in [0.4, 0.5) is 0 Å². The molecule has 3 aliphatic heterocycles. The number of fused-ring (bicyclic) bond motifs is 2. The maximum absolute atomic E-state index is 13.8. The first-order chi connectivity index (χ1) is 11.7. The van der Waals surface area contributed by atoms with Crippen LogP contribution in [0, 0.1) is 0 Å². The maximum Gasteiger partial charge on any atom is 0.234 e. The van der Waals surface area contributed by atoms with E-state index >= 15 is 0 Å². The number of nitrogens with zero attached hydrogens (tertiary/aromatic N) is 1. The van der Waals surface area contributed by atoms with Crippen LogP contribution in [0.5, 0.6) is 0 Å².